The molecule has 0 N–H and O–H groups in total. The summed E-state index contributed by atoms with van der Waals surface area (Å²) in [5.74, 6) is 0. The topological polar surface area (TPSA) is 0 Å². The minimum Gasteiger partial charge on any atom is -1.00 e. The van der Waals surface area contributed by atoms with Crippen molar-refractivity contribution >= 4 is 28.8 Å². The van der Waals surface area contributed by atoms with Crippen molar-refractivity contribution in [2.45, 2.75) is 185 Å². The molecule has 0 bridgehead atoms. The van der Waals surface area contributed by atoms with E-state index in [0.717, 1.165) is 0 Å². The Labute approximate surface area is 380 Å². The molecule has 0 unspecified atom stereocenters. The van der Waals surface area contributed by atoms with Crippen molar-refractivity contribution in [3.8, 4) is 0 Å². The van der Waals surface area contributed by atoms with E-state index in [1.807, 2.05) is 0 Å². The summed E-state index contributed by atoms with van der Waals surface area (Å²) in [5.41, 5.74) is 14.3. The molecule has 0 atom stereocenters. The molecule has 0 heterocycles. The molecule has 308 valence electrons. The predicted molar refractivity (Wildman–Crippen MR) is 237 cm³/mol. The van der Waals surface area contributed by atoms with Crippen LogP contribution in [0.5, 0.6) is 0 Å². The SMILES string of the molecule is Cc1c(C)c(C)[c-]([Si](c2cc(C(C)(C)C)cc(C(C)(C)C)c2)(c2cc(C(C)(C)C)cc(C(C)(C)C)c2)c2cc(C(C)(C)C)cc(C(C)(C)C)c2)c1C.[Cl-].[Cl-].[Cl-].[Ti+4]. The van der Waals surface area contributed by atoms with Crippen LogP contribution < -0.4 is 58.0 Å². The number of rotatable bonds is 4. The summed E-state index contributed by atoms with van der Waals surface area (Å²) in [7, 11) is -3.06. The zero-order valence-corrected chi connectivity index (χ0v) is 44.2. The second-order valence-corrected chi connectivity index (χ2v) is 26.3. The van der Waals surface area contributed by atoms with Crippen LogP contribution in [0.4, 0.5) is 0 Å². The van der Waals surface area contributed by atoms with E-state index in [9.17, 15) is 0 Å². The summed E-state index contributed by atoms with van der Waals surface area (Å²) in [6.45, 7) is 52.7. The molecule has 4 aromatic carbocycles. The van der Waals surface area contributed by atoms with Crippen molar-refractivity contribution in [1.82, 2.24) is 0 Å². The Hall–Kier alpha value is -1.19. The van der Waals surface area contributed by atoms with Gasteiger partial charge in [0.2, 0.25) is 0 Å². The summed E-state index contributed by atoms with van der Waals surface area (Å²) in [4.78, 5) is 0. The van der Waals surface area contributed by atoms with Crippen LogP contribution in [0.3, 0.4) is 0 Å². The van der Waals surface area contributed by atoms with E-state index in [2.05, 4.69) is 207 Å². The maximum absolute atomic E-state index is 3.06. The maximum Gasteiger partial charge on any atom is 4.00 e. The molecule has 56 heavy (non-hydrogen) atoms. The molecule has 0 amide bonds. The van der Waals surface area contributed by atoms with Gasteiger partial charge in [-0.15, -0.1) is 5.19 Å². The fourth-order valence-corrected chi connectivity index (χ4v) is 13.4. The van der Waals surface area contributed by atoms with Crippen LogP contribution in [0.25, 0.3) is 0 Å². The zero-order chi connectivity index (χ0) is 39.9. The third-order valence-corrected chi connectivity index (χ3v) is 17.1. The molecule has 0 saturated carbocycles. The van der Waals surface area contributed by atoms with Gasteiger partial charge in [-0.2, -0.15) is 22.3 Å². The first kappa shape index (κ1) is 54.8. The Balaban J connectivity index is 0.00000756. The molecule has 0 aliphatic rings. The van der Waals surface area contributed by atoms with Gasteiger partial charge in [-0.3, -0.25) is 0 Å². The Bertz CT molecular complexity index is 1670. The standard InChI is InChI=1S/C51H75Si.3ClH.Ti/c1-32-33(2)35(4)45(34(32)3)52(42-26-36(46(5,6)7)23-37(27-42)47(8,9)10,43-28-38(48(11,12)13)24-39(29-43)49(14,15)16)44-30-40(50(17,18)19)25-41(31-44)51(20,21)22;;;;/h23-31H,1-22H3;3*1H;/q-1;;;;+4/p-3. The molecule has 5 heteroatoms. The molecule has 0 spiro atoms. The number of hydrogen-bond acceptors (Lipinski definition) is 0. The average molecular weight is 870 g/mol. The van der Waals surface area contributed by atoms with Crippen LogP contribution in [0.15, 0.2) is 54.6 Å². The summed E-state index contributed by atoms with van der Waals surface area (Å²) >= 11 is 0. The molecular formula is C51H75Cl3SiTi. The van der Waals surface area contributed by atoms with Gasteiger partial charge in [0.1, 0.15) is 8.07 Å². The molecule has 0 radical (unpaired) electrons. The third kappa shape index (κ3) is 10.8. The molecular weight excluding hydrogens is 795 g/mol. The molecule has 4 rings (SSSR count). The van der Waals surface area contributed by atoms with Crippen LogP contribution >= 0.6 is 0 Å². The second-order valence-electron chi connectivity index (χ2n) is 22.5. The normalized spacial score (nSPS) is 13.0. The smallest absolute Gasteiger partial charge is 1.00 e. The van der Waals surface area contributed by atoms with Gasteiger partial charge in [-0.05, 0) is 65.9 Å². The van der Waals surface area contributed by atoms with Gasteiger partial charge in [0.05, 0.1) is 0 Å². The van der Waals surface area contributed by atoms with Gasteiger partial charge < -0.3 is 37.2 Å². The van der Waals surface area contributed by atoms with Crippen molar-refractivity contribution in [3.05, 3.63) is 110 Å². The minimum atomic E-state index is -3.06. The van der Waals surface area contributed by atoms with E-state index in [4.69, 9.17) is 0 Å². The Morgan fingerprint density at radius 2 is 0.482 bits per heavy atom. The number of benzene rings is 3. The maximum atomic E-state index is 2.65. The first-order valence-corrected chi connectivity index (χ1v) is 21.9. The van der Waals surface area contributed by atoms with Crippen molar-refractivity contribution in [2.24, 2.45) is 0 Å². The summed E-state index contributed by atoms with van der Waals surface area (Å²) in [6, 6.07) is 23.5. The van der Waals surface area contributed by atoms with Gasteiger partial charge in [0, 0.05) is 0 Å². The Morgan fingerprint density at radius 1 is 0.321 bits per heavy atom. The van der Waals surface area contributed by atoms with Crippen molar-refractivity contribution < 1.29 is 58.9 Å². The third-order valence-electron chi connectivity index (χ3n) is 12.1. The zero-order valence-electron chi connectivity index (χ0n) is 39.3. The van der Waals surface area contributed by atoms with Gasteiger partial charge in [0.25, 0.3) is 0 Å². The number of halogens is 3. The van der Waals surface area contributed by atoms with E-state index in [1.165, 1.54) is 71.2 Å². The number of hydrogen-bond donors (Lipinski definition) is 0. The van der Waals surface area contributed by atoms with Gasteiger partial charge in [-0.1, -0.05) is 222 Å². The van der Waals surface area contributed by atoms with Crippen LogP contribution in [0.1, 0.15) is 180 Å². The van der Waals surface area contributed by atoms with E-state index in [0.29, 0.717) is 0 Å². The molecule has 0 nitrogen and oxygen atoms in total. The summed E-state index contributed by atoms with van der Waals surface area (Å²) in [6.07, 6.45) is 0. The second kappa shape index (κ2) is 17.8. The average Bonchev–Trinajstić information content (AvgIpc) is 3.17. The van der Waals surface area contributed by atoms with Gasteiger partial charge in [-0.25, -0.2) is 0 Å². The van der Waals surface area contributed by atoms with Crippen LogP contribution in [-0.2, 0) is 54.2 Å². The first-order valence-electron chi connectivity index (χ1n) is 19.9. The molecule has 4 aromatic rings. The summed E-state index contributed by atoms with van der Waals surface area (Å²) < 4.78 is 0. The molecule has 0 aromatic heterocycles. The molecule has 0 aliphatic heterocycles. The molecule has 0 saturated heterocycles. The monoisotopic (exact) mass is 868 g/mol. The predicted octanol–water partition coefficient (Wildman–Crippen LogP) is 2.81. The molecule has 0 aliphatic carbocycles. The summed E-state index contributed by atoms with van der Waals surface area (Å²) in [5, 5.41) is 6.12. The first-order chi connectivity index (χ1) is 23.2. The van der Waals surface area contributed by atoms with Crippen LogP contribution in [-0.4, -0.2) is 8.07 Å². The van der Waals surface area contributed by atoms with E-state index in [1.54, 1.807) is 5.19 Å². The van der Waals surface area contributed by atoms with Crippen LogP contribution in [0, 0.1) is 27.7 Å². The van der Waals surface area contributed by atoms with Gasteiger partial charge in [0.15, 0.2) is 0 Å². The fraction of sp³-hybridized carbons (Fsp3) is 0.549. The minimum absolute atomic E-state index is 0. The molecule has 0 fully saturated rings. The van der Waals surface area contributed by atoms with E-state index >= 15 is 0 Å². The van der Waals surface area contributed by atoms with Crippen molar-refractivity contribution in [2.75, 3.05) is 0 Å². The fourth-order valence-electron chi connectivity index (χ4n) is 7.84. The van der Waals surface area contributed by atoms with Crippen molar-refractivity contribution in [1.29, 1.82) is 0 Å². The quantitative estimate of drug-likeness (QED) is 0.169. The van der Waals surface area contributed by atoms with E-state index < -0.39 is 8.07 Å². The Morgan fingerprint density at radius 3 is 0.625 bits per heavy atom. The Kier molecular flexibility index (Phi) is 17.4. The van der Waals surface area contributed by atoms with Gasteiger partial charge >= 0.3 is 21.7 Å². The van der Waals surface area contributed by atoms with Crippen LogP contribution in [0.2, 0.25) is 0 Å². The largest absolute Gasteiger partial charge is 4.00 e. The van der Waals surface area contributed by atoms with Crippen molar-refractivity contribution in [3.63, 3.8) is 0 Å². The van der Waals surface area contributed by atoms with E-state index in [-0.39, 0.29) is 91.4 Å².